The van der Waals surface area contributed by atoms with Gasteiger partial charge >= 0.3 is 0 Å². The molecule has 4 aliphatic rings. The van der Waals surface area contributed by atoms with Crippen LogP contribution in [0.3, 0.4) is 0 Å². The highest BCUT2D eigenvalue weighted by atomic mass is 16.3. The summed E-state index contributed by atoms with van der Waals surface area (Å²) < 4.78 is 0. The number of allylic oxidation sites excluding steroid dienone is 2. The molecule has 4 aliphatic carbocycles. The van der Waals surface area contributed by atoms with Gasteiger partial charge in [-0.2, -0.15) is 0 Å². The number of ketones is 1. The van der Waals surface area contributed by atoms with Crippen LogP contribution >= 0.6 is 0 Å². The summed E-state index contributed by atoms with van der Waals surface area (Å²) in [6.07, 6.45) is 9.82. The maximum atomic E-state index is 12.5. The number of rotatable bonds is 0. The molecule has 23 heavy (non-hydrogen) atoms. The van der Waals surface area contributed by atoms with E-state index in [4.69, 9.17) is 0 Å². The summed E-state index contributed by atoms with van der Waals surface area (Å²) in [6.45, 7) is 9.07. The number of Topliss-reactive ketones (excluding diaryl/α,β-unsaturated/α-hetero) is 1. The molecule has 6 unspecified atom stereocenters. The highest BCUT2D eigenvalue weighted by Gasteiger charge is 2.60. The van der Waals surface area contributed by atoms with E-state index in [0.29, 0.717) is 23.5 Å². The van der Waals surface area contributed by atoms with Crippen molar-refractivity contribution < 1.29 is 9.90 Å². The van der Waals surface area contributed by atoms with Crippen LogP contribution < -0.4 is 0 Å². The van der Waals surface area contributed by atoms with E-state index in [0.717, 1.165) is 32.1 Å². The van der Waals surface area contributed by atoms with Crippen molar-refractivity contribution in [3.8, 4) is 0 Å². The van der Waals surface area contributed by atoms with Gasteiger partial charge in [0.1, 0.15) is 5.78 Å². The molecule has 0 radical (unpaired) electrons. The second kappa shape index (κ2) is 4.71. The maximum Gasteiger partial charge on any atom is 0.142 e. The molecule has 0 amide bonds. The third kappa shape index (κ3) is 1.88. The van der Waals surface area contributed by atoms with Gasteiger partial charge in [0.2, 0.25) is 0 Å². The molecule has 6 atom stereocenters. The van der Waals surface area contributed by atoms with E-state index < -0.39 is 0 Å². The van der Waals surface area contributed by atoms with Crippen LogP contribution in [0.2, 0.25) is 0 Å². The van der Waals surface area contributed by atoms with Gasteiger partial charge in [0.25, 0.3) is 0 Å². The Bertz CT molecular complexity index is 574. The molecule has 0 spiro atoms. The van der Waals surface area contributed by atoms with Crippen LogP contribution in [-0.2, 0) is 4.79 Å². The molecule has 0 aromatic rings. The zero-order chi connectivity index (χ0) is 16.6. The van der Waals surface area contributed by atoms with Crippen LogP contribution in [0.15, 0.2) is 11.6 Å². The zero-order valence-electron chi connectivity index (χ0n) is 15.2. The van der Waals surface area contributed by atoms with E-state index in [2.05, 4.69) is 33.8 Å². The SMILES string of the molecule is CC1(C)C(=O)CCC2(C)C1=CCC1C2CCC2(C)C(O)CCC12. The molecule has 4 rings (SSSR count). The molecule has 2 heteroatoms. The lowest BCUT2D eigenvalue weighted by molar-refractivity contribution is -0.132. The lowest BCUT2D eigenvalue weighted by Gasteiger charge is -2.59. The van der Waals surface area contributed by atoms with Crippen molar-refractivity contribution in [2.75, 3.05) is 0 Å². The highest BCUT2D eigenvalue weighted by Crippen LogP contribution is 2.66. The van der Waals surface area contributed by atoms with Gasteiger partial charge in [-0.3, -0.25) is 4.79 Å². The minimum atomic E-state index is -0.270. The average molecular weight is 316 g/mol. The normalized spacial score (nSPS) is 51.5. The molecule has 2 nitrogen and oxygen atoms in total. The molecule has 0 bridgehead atoms. The third-order valence-corrected chi connectivity index (χ3v) is 8.66. The molecule has 0 aliphatic heterocycles. The number of aliphatic hydroxyl groups excluding tert-OH is 1. The second-order valence-corrected chi connectivity index (χ2v) is 9.83. The van der Waals surface area contributed by atoms with Crippen LogP contribution in [0.5, 0.6) is 0 Å². The number of hydrogen-bond acceptors (Lipinski definition) is 2. The summed E-state index contributed by atoms with van der Waals surface area (Å²) in [5.41, 5.74) is 1.51. The van der Waals surface area contributed by atoms with Gasteiger partial charge in [-0.15, -0.1) is 0 Å². The van der Waals surface area contributed by atoms with Crippen molar-refractivity contribution in [1.29, 1.82) is 0 Å². The first-order valence-electron chi connectivity index (χ1n) is 9.64. The largest absolute Gasteiger partial charge is 0.393 e. The predicted molar refractivity (Wildman–Crippen MR) is 91.9 cm³/mol. The monoisotopic (exact) mass is 316 g/mol. The minimum absolute atomic E-state index is 0.101. The summed E-state index contributed by atoms with van der Waals surface area (Å²) >= 11 is 0. The van der Waals surface area contributed by atoms with Gasteiger partial charge in [0.05, 0.1) is 6.10 Å². The van der Waals surface area contributed by atoms with Crippen molar-refractivity contribution in [3.05, 3.63) is 11.6 Å². The number of hydrogen-bond donors (Lipinski definition) is 1. The lowest BCUT2D eigenvalue weighted by Crippen LogP contribution is -2.54. The van der Waals surface area contributed by atoms with Gasteiger partial charge in [0, 0.05) is 11.8 Å². The number of aliphatic hydroxyl groups is 1. The Kier molecular flexibility index (Phi) is 3.25. The standard InChI is InChI=1S/C21H32O2/c1-19(2)16-7-5-13-14-6-8-18(23)21(14,4)11-9-15(13)20(16,3)12-10-17(19)22/h7,13-15,18,23H,5-6,8-12H2,1-4H3. The van der Waals surface area contributed by atoms with Crippen molar-refractivity contribution in [2.24, 2.45) is 34.0 Å². The summed E-state index contributed by atoms with van der Waals surface area (Å²) in [4.78, 5) is 12.5. The molecule has 3 saturated carbocycles. The molecule has 128 valence electrons. The average Bonchev–Trinajstić information content (AvgIpc) is 2.79. The topological polar surface area (TPSA) is 37.3 Å². The van der Waals surface area contributed by atoms with Crippen molar-refractivity contribution >= 4 is 5.78 Å². The van der Waals surface area contributed by atoms with E-state index in [1.54, 1.807) is 0 Å². The van der Waals surface area contributed by atoms with Crippen molar-refractivity contribution in [1.82, 2.24) is 0 Å². The van der Waals surface area contributed by atoms with Crippen LogP contribution in [-0.4, -0.2) is 17.0 Å². The zero-order valence-corrected chi connectivity index (χ0v) is 15.2. The van der Waals surface area contributed by atoms with Crippen molar-refractivity contribution in [2.45, 2.75) is 78.7 Å². The first-order chi connectivity index (χ1) is 10.7. The van der Waals surface area contributed by atoms with Gasteiger partial charge in [-0.25, -0.2) is 0 Å². The molecule has 0 heterocycles. The van der Waals surface area contributed by atoms with E-state index in [1.807, 2.05) is 0 Å². The van der Waals surface area contributed by atoms with E-state index in [-0.39, 0.29) is 22.3 Å². The van der Waals surface area contributed by atoms with E-state index >= 15 is 0 Å². The smallest absolute Gasteiger partial charge is 0.142 e. The summed E-state index contributed by atoms with van der Waals surface area (Å²) in [6, 6.07) is 0. The minimum Gasteiger partial charge on any atom is -0.393 e. The van der Waals surface area contributed by atoms with Gasteiger partial charge < -0.3 is 5.11 Å². The van der Waals surface area contributed by atoms with Crippen molar-refractivity contribution in [3.63, 3.8) is 0 Å². The van der Waals surface area contributed by atoms with E-state index in [1.165, 1.54) is 18.4 Å². The highest BCUT2D eigenvalue weighted by molar-refractivity contribution is 5.89. The quantitative estimate of drug-likeness (QED) is 0.667. The Labute approximate surface area is 140 Å². The van der Waals surface area contributed by atoms with Crippen LogP contribution in [0.4, 0.5) is 0 Å². The van der Waals surface area contributed by atoms with Gasteiger partial charge in [-0.1, -0.05) is 25.5 Å². The third-order valence-electron chi connectivity index (χ3n) is 8.66. The second-order valence-electron chi connectivity index (χ2n) is 9.83. The Morgan fingerprint density at radius 3 is 2.52 bits per heavy atom. The maximum absolute atomic E-state index is 12.5. The first-order valence-corrected chi connectivity index (χ1v) is 9.64. The van der Waals surface area contributed by atoms with Crippen LogP contribution in [0, 0.1) is 34.0 Å². The molecule has 0 aromatic heterocycles. The summed E-state index contributed by atoms with van der Waals surface area (Å²) in [5, 5.41) is 10.5. The number of fused-ring (bicyclic) bond motifs is 5. The Morgan fingerprint density at radius 1 is 1.04 bits per heavy atom. The molecular weight excluding hydrogens is 284 g/mol. The fourth-order valence-electron chi connectivity index (χ4n) is 7.19. The summed E-state index contributed by atoms with van der Waals surface area (Å²) in [7, 11) is 0. The molecule has 3 fully saturated rings. The van der Waals surface area contributed by atoms with Crippen LogP contribution in [0.25, 0.3) is 0 Å². The number of carbonyl (C=O) groups is 1. The fraction of sp³-hybridized carbons (Fsp3) is 0.857. The summed E-state index contributed by atoms with van der Waals surface area (Å²) in [5.74, 6) is 2.52. The number of carbonyl (C=O) groups excluding carboxylic acids is 1. The van der Waals surface area contributed by atoms with Gasteiger partial charge in [0.15, 0.2) is 0 Å². The van der Waals surface area contributed by atoms with Crippen LogP contribution in [0.1, 0.15) is 72.6 Å². The molecule has 0 saturated heterocycles. The lowest BCUT2D eigenvalue weighted by atomic mass is 9.45. The predicted octanol–water partition coefficient (Wildman–Crippen LogP) is 4.52. The van der Waals surface area contributed by atoms with Gasteiger partial charge in [-0.05, 0) is 81.0 Å². The molecule has 0 aromatic carbocycles. The Hall–Kier alpha value is -0.630. The first kappa shape index (κ1) is 15.9. The molecule has 1 N–H and O–H groups in total. The molecular formula is C21H32O2. The fourth-order valence-corrected chi connectivity index (χ4v) is 7.19. The Balaban J connectivity index is 1.74. The van der Waals surface area contributed by atoms with E-state index in [9.17, 15) is 9.90 Å². The Morgan fingerprint density at radius 2 is 1.78 bits per heavy atom.